The number of pyridine rings is 1. The van der Waals surface area contributed by atoms with Crippen molar-refractivity contribution in [1.29, 1.82) is 0 Å². The van der Waals surface area contributed by atoms with E-state index in [0.717, 1.165) is 10.8 Å². The first kappa shape index (κ1) is 17.2. The average Bonchev–Trinajstić information content (AvgIpc) is 2.63. The van der Waals surface area contributed by atoms with Crippen molar-refractivity contribution in [3.8, 4) is 0 Å². The Hall–Kier alpha value is -2.67. The largest absolute Gasteiger partial charge is 0.325 e. The summed E-state index contributed by atoms with van der Waals surface area (Å²) in [6.45, 7) is 2.34. The number of fused-ring (bicyclic) bond motifs is 1. The van der Waals surface area contributed by atoms with Crippen LogP contribution in [0.3, 0.4) is 0 Å². The highest BCUT2D eigenvalue weighted by Gasteiger charge is 2.07. The normalized spacial score (nSPS) is 10.8. The maximum absolute atomic E-state index is 12.4. The van der Waals surface area contributed by atoms with Crippen molar-refractivity contribution in [2.45, 2.75) is 24.9 Å². The number of thioether (sulfide) groups is 1. The third-order valence-electron chi connectivity index (χ3n) is 3.62. The van der Waals surface area contributed by atoms with Crippen LogP contribution >= 0.6 is 11.8 Å². The Morgan fingerprint density at radius 3 is 2.80 bits per heavy atom. The van der Waals surface area contributed by atoms with Gasteiger partial charge in [0, 0.05) is 13.0 Å². The molecule has 0 aliphatic rings. The number of para-hydroxylation sites is 1. The Kier molecular flexibility index (Phi) is 5.45. The minimum atomic E-state index is -0.169. The van der Waals surface area contributed by atoms with Crippen LogP contribution in [0.5, 0.6) is 0 Å². The monoisotopic (exact) mass is 354 g/mol. The van der Waals surface area contributed by atoms with Crippen molar-refractivity contribution in [2.24, 2.45) is 0 Å². The highest BCUT2D eigenvalue weighted by atomic mass is 32.2. The molecular weight excluding hydrogens is 336 g/mol. The molecule has 2 aromatic heterocycles. The molecule has 1 N–H and O–H groups in total. The van der Waals surface area contributed by atoms with E-state index in [-0.39, 0.29) is 24.4 Å². The van der Waals surface area contributed by atoms with Gasteiger partial charge in [-0.25, -0.2) is 9.97 Å². The number of aryl methyl sites for hydroxylation is 1. The number of anilines is 1. The van der Waals surface area contributed by atoms with Crippen molar-refractivity contribution < 1.29 is 4.79 Å². The predicted molar refractivity (Wildman–Crippen MR) is 99.9 cm³/mol. The SMILES string of the molecule is CCSc1ccc(NC(=O)CCn2cnc3ccccc3c2=O)cn1. The molecule has 25 heavy (non-hydrogen) atoms. The molecule has 0 atom stereocenters. The highest BCUT2D eigenvalue weighted by molar-refractivity contribution is 7.99. The van der Waals surface area contributed by atoms with E-state index in [2.05, 4.69) is 22.2 Å². The molecule has 1 aromatic carbocycles. The Labute approximate surface area is 149 Å². The van der Waals surface area contributed by atoms with Gasteiger partial charge in [-0.3, -0.25) is 14.2 Å². The van der Waals surface area contributed by atoms with Gasteiger partial charge in [0.25, 0.3) is 5.56 Å². The van der Waals surface area contributed by atoms with E-state index in [1.807, 2.05) is 18.2 Å². The van der Waals surface area contributed by atoms with Gasteiger partial charge in [-0.05, 0) is 30.0 Å². The maximum atomic E-state index is 12.4. The van der Waals surface area contributed by atoms with Crippen LogP contribution in [-0.4, -0.2) is 26.2 Å². The van der Waals surface area contributed by atoms with Gasteiger partial charge in [-0.1, -0.05) is 19.1 Å². The van der Waals surface area contributed by atoms with Gasteiger partial charge in [0.05, 0.1) is 34.1 Å². The summed E-state index contributed by atoms with van der Waals surface area (Å²) in [5, 5.41) is 4.27. The number of nitrogens with one attached hydrogen (secondary N) is 1. The number of benzene rings is 1. The predicted octanol–water partition coefficient (Wildman–Crippen LogP) is 2.93. The lowest BCUT2D eigenvalue weighted by molar-refractivity contribution is -0.116. The van der Waals surface area contributed by atoms with E-state index >= 15 is 0 Å². The lowest BCUT2D eigenvalue weighted by Gasteiger charge is -2.08. The maximum Gasteiger partial charge on any atom is 0.261 e. The molecule has 3 rings (SSSR count). The van der Waals surface area contributed by atoms with Crippen LogP contribution in [0.25, 0.3) is 10.9 Å². The van der Waals surface area contributed by atoms with Crippen molar-refractivity contribution in [2.75, 3.05) is 11.1 Å². The zero-order chi connectivity index (χ0) is 17.6. The molecule has 0 bridgehead atoms. The molecule has 0 spiro atoms. The molecule has 0 saturated heterocycles. The molecule has 6 nitrogen and oxygen atoms in total. The Bertz CT molecular complexity index is 938. The number of rotatable bonds is 6. The van der Waals surface area contributed by atoms with E-state index in [9.17, 15) is 9.59 Å². The Morgan fingerprint density at radius 1 is 1.20 bits per heavy atom. The number of carbonyl (C=O) groups is 1. The second-order valence-electron chi connectivity index (χ2n) is 5.38. The van der Waals surface area contributed by atoms with Crippen molar-refractivity contribution in [3.63, 3.8) is 0 Å². The first-order valence-corrected chi connectivity index (χ1v) is 8.99. The molecule has 3 aromatic rings. The Morgan fingerprint density at radius 2 is 2.04 bits per heavy atom. The molecule has 0 unspecified atom stereocenters. The smallest absolute Gasteiger partial charge is 0.261 e. The quantitative estimate of drug-likeness (QED) is 0.689. The summed E-state index contributed by atoms with van der Waals surface area (Å²) in [7, 11) is 0. The van der Waals surface area contributed by atoms with Crippen molar-refractivity contribution in [1.82, 2.24) is 14.5 Å². The lowest BCUT2D eigenvalue weighted by Crippen LogP contribution is -2.23. The minimum Gasteiger partial charge on any atom is -0.325 e. The number of carbonyl (C=O) groups excluding carboxylic acids is 1. The van der Waals surface area contributed by atoms with E-state index in [4.69, 9.17) is 0 Å². The average molecular weight is 354 g/mol. The fourth-order valence-corrected chi connectivity index (χ4v) is 2.99. The number of nitrogens with zero attached hydrogens (tertiary/aromatic N) is 3. The zero-order valence-electron chi connectivity index (χ0n) is 13.8. The van der Waals surface area contributed by atoms with Crippen LogP contribution in [0, 0.1) is 0 Å². The summed E-state index contributed by atoms with van der Waals surface area (Å²) in [5.74, 6) is 0.783. The minimum absolute atomic E-state index is 0.138. The summed E-state index contributed by atoms with van der Waals surface area (Å²) in [6, 6.07) is 10.9. The summed E-state index contributed by atoms with van der Waals surface area (Å²) >= 11 is 1.64. The lowest BCUT2D eigenvalue weighted by atomic mass is 10.2. The summed E-state index contributed by atoms with van der Waals surface area (Å²) in [5.41, 5.74) is 1.17. The van der Waals surface area contributed by atoms with Crippen LogP contribution in [-0.2, 0) is 11.3 Å². The Balaban J connectivity index is 1.62. The molecule has 0 radical (unpaired) electrons. The summed E-state index contributed by atoms with van der Waals surface area (Å²) in [4.78, 5) is 33.0. The first-order valence-electron chi connectivity index (χ1n) is 8.00. The summed E-state index contributed by atoms with van der Waals surface area (Å²) in [6.07, 6.45) is 3.31. The van der Waals surface area contributed by atoms with E-state index in [0.29, 0.717) is 16.6 Å². The standard InChI is InChI=1S/C18H18N4O2S/c1-2-25-17-8-7-13(11-19-17)21-16(23)9-10-22-12-20-15-6-4-3-5-14(15)18(22)24/h3-8,11-12H,2,9-10H2,1H3,(H,21,23). The molecule has 128 valence electrons. The fraction of sp³-hybridized carbons (Fsp3) is 0.222. The van der Waals surface area contributed by atoms with Gasteiger partial charge in [-0.15, -0.1) is 11.8 Å². The van der Waals surface area contributed by atoms with Gasteiger partial charge >= 0.3 is 0 Å². The third-order valence-corrected chi connectivity index (χ3v) is 4.45. The molecule has 0 aliphatic heterocycles. The van der Waals surface area contributed by atoms with E-state index < -0.39 is 0 Å². The second kappa shape index (κ2) is 7.94. The molecule has 0 aliphatic carbocycles. The van der Waals surface area contributed by atoms with Crippen LogP contribution in [0.15, 0.2) is 58.7 Å². The van der Waals surface area contributed by atoms with Crippen LogP contribution in [0.4, 0.5) is 5.69 Å². The fourth-order valence-electron chi connectivity index (χ4n) is 2.40. The number of amides is 1. The topological polar surface area (TPSA) is 76.9 Å². The third kappa shape index (κ3) is 4.24. The van der Waals surface area contributed by atoms with Gasteiger partial charge in [-0.2, -0.15) is 0 Å². The zero-order valence-corrected chi connectivity index (χ0v) is 14.6. The summed E-state index contributed by atoms with van der Waals surface area (Å²) < 4.78 is 1.46. The highest BCUT2D eigenvalue weighted by Crippen LogP contribution is 2.16. The molecular formula is C18H18N4O2S. The first-order chi connectivity index (χ1) is 12.2. The molecule has 2 heterocycles. The van der Waals surface area contributed by atoms with Gasteiger partial charge in [0.15, 0.2) is 0 Å². The molecule has 7 heteroatoms. The van der Waals surface area contributed by atoms with Crippen molar-refractivity contribution >= 4 is 34.3 Å². The molecule has 0 fully saturated rings. The van der Waals surface area contributed by atoms with Crippen LogP contribution in [0.2, 0.25) is 0 Å². The second-order valence-corrected chi connectivity index (χ2v) is 6.66. The van der Waals surface area contributed by atoms with Crippen LogP contribution < -0.4 is 10.9 Å². The number of aromatic nitrogens is 3. The van der Waals surface area contributed by atoms with E-state index in [1.165, 1.54) is 10.9 Å². The van der Waals surface area contributed by atoms with Gasteiger partial charge in [0.2, 0.25) is 5.91 Å². The van der Waals surface area contributed by atoms with Gasteiger partial charge in [0.1, 0.15) is 0 Å². The van der Waals surface area contributed by atoms with Gasteiger partial charge < -0.3 is 5.32 Å². The molecule has 1 amide bonds. The molecule has 0 saturated carbocycles. The number of hydrogen-bond donors (Lipinski definition) is 1. The van der Waals surface area contributed by atoms with Crippen molar-refractivity contribution in [3.05, 3.63) is 59.3 Å². The van der Waals surface area contributed by atoms with E-state index in [1.54, 1.807) is 36.2 Å². The number of hydrogen-bond acceptors (Lipinski definition) is 5. The van der Waals surface area contributed by atoms with Crippen LogP contribution in [0.1, 0.15) is 13.3 Å².